The summed E-state index contributed by atoms with van der Waals surface area (Å²) in [6.07, 6.45) is 0. The lowest BCUT2D eigenvalue weighted by molar-refractivity contribution is -0.140. The highest BCUT2D eigenvalue weighted by molar-refractivity contribution is 7.97. The number of hydrogen-bond donors (Lipinski definition) is 2. The molecule has 0 radical (unpaired) electrons. The monoisotopic (exact) mass is 311 g/mol. The van der Waals surface area contributed by atoms with Crippen molar-refractivity contribution < 1.29 is 23.5 Å². The second-order valence-electron chi connectivity index (χ2n) is 4.17. The molecule has 0 rings (SSSR count). The Hall–Kier alpha value is -0.330. The molecule has 0 aliphatic rings. The van der Waals surface area contributed by atoms with Gasteiger partial charge in [-0.15, -0.1) is 0 Å². The van der Waals surface area contributed by atoms with Crippen LogP contribution in [0.2, 0.25) is 0 Å². The Bertz CT molecular complexity index is 351. The molecule has 0 spiro atoms. The Labute approximate surface area is 119 Å². The lowest BCUT2D eigenvalue weighted by atomic mass is 10.1. The van der Waals surface area contributed by atoms with Crippen molar-refractivity contribution >= 4 is 30.4 Å². The first-order valence-electron chi connectivity index (χ1n) is 6.17. The minimum Gasteiger partial charge on any atom is -0.480 e. The molecule has 0 amide bonds. The zero-order valence-electron chi connectivity index (χ0n) is 11.7. The summed E-state index contributed by atoms with van der Waals surface area (Å²) in [4.78, 5) is 11.0. The highest BCUT2D eigenvalue weighted by Crippen LogP contribution is 2.49. The maximum absolute atomic E-state index is 12.3. The molecule has 112 valence electrons. The van der Waals surface area contributed by atoms with E-state index in [4.69, 9.17) is 26.4 Å². The lowest BCUT2D eigenvalue weighted by Gasteiger charge is -2.21. The van der Waals surface area contributed by atoms with Crippen LogP contribution in [0.3, 0.4) is 0 Å². The second kappa shape index (κ2) is 8.76. The number of aliphatic carboxylic acids is 1. The van der Waals surface area contributed by atoms with Gasteiger partial charge in [-0.25, -0.2) is 0 Å². The van der Waals surface area contributed by atoms with Gasteiger partial charge in [0.15, 0.2) is 0 Å². The SMILES string of the molecule is CCOP(=O)(OCC)C(=S)CN[C@@H](C(=O)O)C(C)C. The predicted octanol–water partition coefficient (Wildman–Crippen LogP) is 2.28. The van der Waals surface area contributed by atoms with Crippen molar-refractivity contribution in [2.75, 3.05) is 19.8 Å². The van der Waals surface area contributed by atoms with E-state index in [0.717, 1.165) is 0 Å². The van der Waals surface area contributed by atoms with Gasteiger partial charge in [-0.1, -0.05) is 26.1 Å². The molecular formula is C11H22NO5PS. The number of carbonyl (C=O) groups is 1. The van der Waals surface area contributed by atoms with Gasteiger partial charge in [0.1, 0.15) is 10.6 Å². The molecule has 6 nitrogen and oxygen atoms in total. The molecule has 0 unspecified atom stereocenters. The maximum atomic E-state index is 12.3. The topological polar surface area (TPSA) is 84.9 Å². The van der Waals surface area contributed by atoms with Crippen molar-refractivity contribution in [3.63, 3.8) is 0 Å². The van der Waals surface area contributed by atoms with Crippen LogP contribution in [0.5, 0.6) is 0 Å². The van der Waals surface area contributed by atoms with Gasteiger partial charge in [0.05, 0.1) is 13.2 Å². The van der Waals surface area contributed by atoms with E-state index in [9.17, 15) is 9.36 Å². The van der Waals surface area contributed by atoms with Crippen LogP contribution in [0.4, 0.5) is 0 Å². The molecule has 0 aliphatic heterocycles. The van der Waals surface area contributed by atoms with Crippen molar-refractivity contribution in [1.82, 2.24) is 5.32 Å². The third-order valence-corrected chi connectivity index (χ3v) is 5.09. The molecule has 1 atom stereocenters. The molecule has 2 N–H and O–H groups in total. The predicted molar refractivity (Wildman–Crippen MR) is 77.7 cm³/mol. The van der Waals surface area contributed by atoms with Gasteiger partial charge in [0.2, 0.25) is 0 Å². The van der Waals surface area contributed by atoms with E-state index in [1.807, 2.05) is 0 Å². The van der Waals surface area contributed by atoms with Crippen molar-refractivity contribution in [3.8, 4) is 0 Å². The third-order valence-electron chi connectivity index (χ3n) is 2.31. The number of rotatable bonds is 10. The fraction of sp³-hybridized carbons (Fsp3) is 0.818. The third kappa shape index (κ3) is 6.10. The van der Waals surface area contributed by atoms with Crippen molar-refractivity contribution in [1.29, 1.82) is 0 Å². The van der Waals surface area contributed by atoms with Crippen LogP contribution in [-0.2, 0) is 18.4 Å². The van der Waals surface area contributed by atoms with E-state index in [2.05, 4.69) is 5.32 Å². The summed E-state index contributed by atoms with van der Waals surface area (Å²) < 4.78 is 22.5. The number of hydrogen-bond acceptors (Lipinski definition) is 6. The van der Waals surface area contributed by atoms with Crippen LogP contribution >= 0.6 is 19.8 Å². The molecule has 0 aromatic carbocycles. The largest absolute Gasteiger partial charge is 0.480 e. The summed E-state index contributed by atoms with van der Waals surface area (Å²) in [5, 5.41) is 11.8. The van der Waals surface area contributed by atoms with E-state index in [0.29, 0.717) is 0 Å². The van der Waals surface area contributed by atoms with Crippen LogP contribution in [-0.4, -0.2) is 41.5 Å². The summed E-state index contributed by atoms with van der Waals surface area (Å²) in [5.74, 6) is -1.08. The quantitative estimate of drug-likeness (QED) is 0.473. The Kier molecular flexibility index (Phi) is 8.61. The first kappa shape index (κ1) is 18.7. The first-order valence-corrected chi connectivity index (χ1v) is 8.12. The average molecular weight is 311 g/mol. The summed E-state index contributed by atoms with van der Waals surface area (Å²) in [7, 11) is -3.45. The van der Waals surface area contributed by atoms with Crippen LogP contribution in [0, 0.1) is 5.92 Å². The van der Waals surface area contributed by atoms with E-state index in [1.165, 1.54) is 0 Å². The van der Waals surface area contributed by atoms with Gasteiger partial charge >= 0.3 is 13.6 Å². The van der Waals surface area contributed by atoms with Gasteiger partial charge in [-0.2, -0.15) is 0 Å². The van der Waals surface area contributed by atoms with Crippen LogP contribution < -0.4 is 5.32 Å². The summed E-state index contributed by atoms with van der Waals surface area (Å²) in [5.41, 5.74) is 0. The zero-order valence-corrected chi connectivity index (χ0v) is 13.4. The standard InChI is InChI=1S/C11H22NO5PS/c1-5-16-18(15,17-6-2)9(19)7-12-10(8(3)4)11(13)14/h8,10,12H,5-7H2,1-4H3,(H,13,14)/t10-/m1/s1. The molecule has 0 aromatic heterocycles. The molecule has 19 heavy (non-hydrogen) atoms. The molecule has 0 saturated carbocycles. The summed E-state index contributed by atoms with van der Waals surface area (Å²) in [6.45, 7) is 7.36. The fourth-order valence-corrected chi connectivity index (χ4v) is 3.15. The average Bonchev–Trinajstić information content (AvgIpc) is 2.28. The Morgan fingerprint density at radius 2 is 1.79 bits per heavy atom. The molecule has 0 bridgehead atoms. The van der Waals surface area contributed by atoms with Crippen LogP contribution in [0.25, 0.3) is 0 Å². The highest BCUT2D eigenvalue weighted by atomic mass is 32.1. The molecule has 0 aromatic rings. The van der Waals surface area contributed by atoms with E-state index in [-0.39, 0.29) is 30.3 Å². The molecule has 0 aliphatic carbocycles. The second-order valence-corrected chi connectivity index (χ2v) is 7.01. The maximum Gasteiger partial charge on any atom is 0.369 e. The van der Waals surface area contributed by atoms with Crippen LogP contribution in [0.15, 0.2) is 0 Å². The fourth-order valence-electron chi connectivity index (χ4n) is 1.42. The minimum absolute atomic E-state index is 0.00174. The van der Waals surface area contributed by atoms with Crippen LogP contribution in [0.1, 0.15) is 27.7 Å². The number of carboxylic acids is 1. The Morgan fingerprint density at radius 1 is 1.32 bits per heavy atom. The van der Waals surface area contributed by atoms with E-state index in [1.54, 1.807) is 27.7 Å². The Balaban J connectivity index is 4.65. The summed E-state index contributed by atoms with van der Waals surface area (Å²) >= 11 is 5.04. The van der Waals surface area contributed by atoms with Gasteiger partial charge < -0.3 is 14.2 Å². The zero-order chi connectivity index (χ0) is 15.1. The van der Waals surface area contributed by atoms with Crippen molar-refractivity contribution in [3.05, 3.63) is 0 Å². The highest BCUT2D eigenvalue weighted by Gasteiger charge is 2.31. The minimum atomic E-state index is -3.45. The number of nitrogens with one attached hydrogen (secondary N) is 1. The number of thiocarbonyl (C=S) groups is 1. The summed E-state index contributed by atoms with van der Waals surface area (Å²) in [6, 6.07) is -0.755. The molecular weight excluding hydrogens is 289 g/mol. The molecule has 0 heterocycles. The van der Waals surface area contributed by atoms with Gasteiger partial charge in [-0.3, -0.25) is 14.7 Å². The lowest BCUT2D eigenvalue weighted by Crippen LogP contribution is -2.43. The number of carboxylic acid groups (broad SMARTS) is 1. The van der Waals surface area contributed by atoms with Gasteiger partial charge in [0.25, 0.3) is 0 Å². The van der Waals surface area contributed by atoms with E-state index >= 15 is 0 Å². The van der Waals surface area contributed by atoms with Crippen molar-refractivity contribution in [2.45, 2.75) is 33.7 Å². The smallest absolute Gasteiger partial charge is 0.369 e. The molecule has 0 fully saturated rings. The molecule has 8 heteroatoms. The van der Waals surface area contributed by atoms with E-state index < -0.39 is 19.6 Å². The Morgan fingerprint density at radius 3 is 2.11 bits per heavy atom. The molecule has 0 saturated heterocycles. The van der Waals surface area contributed by atoms with Gasteiger partial charge in [-0.05, 0) is 19.8 Å². The first-order chi connectivity index (χ1) is 8.78. The van der Waals surface area contributed by atoms with Gasteiger partial charge in [0, 0.05) is 6.54 Å². The van der Waals surface area contributed by atoms with Crippen molar-refractivity contribution in [2.24, 2.45) is 5.92 Å². The normalized spacial score (nSPS) is 13.5.